The lowest BCUT2D eigenvalue weighted by molar-refractivity contribution is 0.355. The van der Waals surface area contributed by atoms with Gasteiger partial charge in [-0.3, -0.25) is 0 Å². The van der Waals surface area contributed by atoms with Crippen LogP contribution in [0.1, 0.15) is 37.4 Å². The van der Waals surface area contributed by atoms with Crippen molar-refractivity contribution in [2.45, 2.75) is 41.9 Å². The van der Waals surface area contributed by atoms with Crippen LogP contribution in [0.15, 0.2) is 27.6 Å². The highest BCUT2D eigenvalue weighted by Gasteiger charge is 2.35. The number of thioether (sulfide) groups is 1. The van der Waals surface area contributed by atoms with Gasteiger partial charge in [-0.05, 0) is 31.0 Å². The third kappa shape index (κ3) is 3.59. The first kappa shape index (κ1) is 17.2. The van der Waals surface area contributed by atoms with Crippen molar-refractivity contribution in [3.8, 4) is 0 Å². The third-order valence-electron chi connectivity index (χ3n) is 3.66. The molecule has 1 aromatic heterocycles. The second kappa shape index (κ2) is 6.93. The van der Waals surface area contributed by atoms with Gasteiger partial charge in [0.15, 0.2) is 17.5 Å². The summed E-state index contributed by atoms with van der Waals surface area (Å²) in [6.45, 7) is 0. The predicted octanol–water partition coefficient (Wildman–Crippen LogP) is 3.79. The van der Waals surface area contributed by atoms with E-state index in [1.165, 1.54) is 17.8 Å². The van der Waals surface area contributed by atoms with Gasteiger partial charge in [-0.15, -0.1) is 24.2 Å². The van der Waals surface area contributed by atoms with E-state index in [1.807, 2.05) is 0 Å². The molecule has 0 bridgehead atoms. The lowest BCUT2D eigenvalue weighted by Crippen LogP contribution is -2.34. The van der Waals surface area contributed by atoms with Crippen molar-refractivity contribution in [2.24, 2.45) is 5.73 Å². The normalized spacial score (nSPS) is 16.5. The van der Waals surface area contributed by atoms with E-state index in [9.17, 15) is 8.78 Å². The molecular weight excluding hydrogens is 332 g/mol. The van der Waals surface area contributed by atoms with Crippen molar-refractivity contribution in [2.75, 3.05) is 0 Å². The van der Waals surface area contributed by atoms with Crippen molar-refractivity contribution in [1.29, 1.82) is 0 Å². The summed E-state index contributed by atoms with van der Waals surface area (Å²) in [7, 11) is 0. The van der Waals surface area contributed by atoms with Crippen LogP contribution in [-0.2, 0) is 11.3 Å². The lowest BCUT2D eigenvalue weighted by Gasteiger charge is -2.17. The van der Waals surface area contributed by atoms with Crippen LogP contribution in [0.3, 0.4) is 0 Å². The maximum atomic E-state index is 13.1. The molecule has 1 saturated carbocycles. The van der Waals surface area contributed by atoms with Crippen LogP contribution in [0.25, 0.3) is 0 Å². The number of hydrogen-bond donors (Lipinski definition) is 1. The molecule has 0 saturated heterocycles. The predicted molar refractivity (Wildman–Crippen MR) is 81.8 cm³/mol. The molecule has 1 aliphatic carbocycles. The van der Waals surface area contributed by atoms with Crippen LogP contribution in [0.5, 0.6) is 0 Å². The van der Waals surface area contributed by atoms with Crippen molar-refractivity contribution in [3.05, 3.63) is 41.5 Å². The van der Waals surface area contributed by atoms with Crippen LogP contribution in [0.4, 0.5) is 8.78 Å². The van der Waals surface area contributed by atoms with Crippen molar-refractivity contribution < 1.29 is 13.3 Å². The number of halogens is 3. The highest BCUT2D eigenvalue weighted by atomic mass is 35.5. The fraction of sp³-hybridized carbons (Fsp3) is 0.429. The molecule has 8 heteroatoms. The molecule has 2 N–H and O–H groups in total. The Labute approximate surface area is 137 Å². The first-order valence-electron chi connectivity index (χ1n) is 6.77. The molecule has 1 heterocycles. The van der Waals surface area contributed by atoms with Crippen LogP contribution in [0.2, 0.25) is 0 Å². The molecule has 1 aliphatic rings. The van der Waals surface area contributed by atoms with Gasteiger partial charge in [0.1, 0.15) is 0 Å². The Bertz CT molecular complexity index is 647. The molecule has 0 amide bonds. The number of aromatic nitrogens is 2. The smallest absolute Gasteiger partial charge is 0.237 e. The molecule has 3 rings (SSSR count). The van der Waals surface area contributed by atoms with E-state index in [0.29, 0.717) is 22.4 Å². The van der Waals surface area contributed by atoms with Gasteiger partial charge in [0, 0.05) is 4.90 Å². The minimum atomic E-state index is -0.863. The minimum absolute atomic E-state index is 0. The average molecular weight is 348 g/mol. The Morgan fingerprint density at radius 2 is 1.95 bits per heavy atom. The van der Waals surface area contributed by atoms with Crippen LogP contribution in [-0.4, -0.2) is 10.1 Å². The number of hydrogen-bond acceptors (Lipinski definition) is 5. The zero-order chi connectivity index (χ0) is 14.9. The monoisotopic (exact) mass is 347 g/mol. The first-order chi connectivity index (χ1) is 10.1. The van der Waals surface area contributed by atoms with Gasteiger partial charge >= 0.3 is 0 Å². The summed E-state index contributed by atoms with van der Waals surface area (Å²) in [5.41, 5.74) is 5.78. The van der Waals surface area contributed by atoms with Crippen molar-refractivity contribution in [1.82, 2.24) is 10.1 Å². The molecule has 0 unspecified atom stereocenters. The first-order valence-corrected chi connectivity index (χ1v) is 7.75. The summed E-state index contributed by atoms with van der Waals surface area (Å²) >= 11 is 1.31. The van der Waals surface area contributed by atoms with Crippen LogP contribution < -0.4 is 5.73 Å². The Morgan fingerprint density at radius 1 is 1.23 bits per heavy atom. The van der Waals surface area contributed by atoms with E-state index in [1.54, 1.807) is 0 Å². The number of nitrogens with two attached hydrogens (primary N) is 1. The molecule has 22 heavy (non-hydrogen) atoms. The second-order valence-electron chi connectivity index (χ2n) is 5.24. The molecule has 1 fully saturated rings. The SMILES string of the molecule is Cl.NC1(c2noc(CSc3ccc(F)c(F)c3)n2)CCCC1. The lowest BCUT2D eigenvalue weighted by atomic mass is 9.99. The minimum Gasteiger partial charge on any atom is -0.338 e. The zero-order valence-electron chi connectivity index (χ0n) is 11.7. The van der Waals surface area contributed by atoms with Crippen molar-refractivity contribution in [3.63, 3.8) is 0 Å². The van der Waals surface area contributed by atoms with Gasteiger partial charge in [0.25, 0.3) is 0 Å². The molecule has 0 radical (unpaired) electrons. The topological polar surface area (TPSA) is 64.9 Å². The van der Waals surface area contributed by atoms with Crippen LogP contribution in [0, 0.1) is 11.6 Å². The third-order valence-corrected chi connectivity index (χ3v) is 4.64. The molecule has 4 nitrogen and oxygen atoms in total. The van der Waals surface area contributed by atoms with Gasteiger partial charge in [-0.25, -0.2) is 8.78 Å². The fourth-order valence-corrected chi connectivity index (χ4v) is 3.22. The van der Waals surface area contributed by atoms with E-state index in [2.05, 4.69) is 10.1 Å². The molecular formula is C14H16ClF2N3OS. The fourth-order valence-electron chi connectivity index (χ4n) is 2.46. The molecule has 0 aliphatic heterocycles. The largest absolute Gasteiger partial charge is 0.338 e. The Hall–Kier alpha value is -1.18. The molecule has 1 aromatic carbocycles. The Balaban J connectivity index is 0.00000176. The van der Waals surface area contributed by atoms with Gasteiger partial charge in [0.2, 0.25) is 5.89 Å². The average Bonchev–Trinajstić information content (AvgIpc) is 3.10. The summed E-state index contributed by atoms with van der Waals surface area (Å²) < 4.78 is 31.1. The summed E-state index contributed by atoms with van der Waals surface area (Å²) in [4.78, 5) is 4.94. The van der Waals surface area contributed by atoms with E-state index in [-0.39, 0.29) is 12.4 Å². The van der Waals surface area contributed by atoms with Gasteiger partial charge in [-0.1, -0.05) is 18.0 Å². The van der Waals surface area contributed by atoms with Crippen LogP contribution >= 0.6 is 24.2 Å². The molecule has 2 aromatic rings. The highest BCUT2D eigenvalue weighted by Crippen LogP contribution is 2.35. The summed E-state index contributed by atoms with van der Waals surface area (Å²) in [6, 6.07) is 3.77. The van der Waals surface area contributed by atoms with E-state index < -0.39 is 17.2 Å². The number of rotatable bonds is 4. The Morgan fingerprint density at radius 3 is 2.64 bits per heavy atom. The summed E-state index contributed by atoms with van der Waals surface area (Å²) in [5.74, 6) is -0.338. The van der Waals surface area contributed by atoms with Gasteiger partial charge in [0.05, 0.1) is 11.3 Å². The van der Waals surface area contributed by atoms with E-state index in [4.69, 9.17) is 10.3 Å². The maximum absolute atomic E-state index is 13.1. The Kier molecular flexibility index (Phi) is 5.41. The van der Waals surface area contributed by atoms with Gasteiger partial charge in [-0.2, -0.15) is 4.98 Å². The second-order valence-corrected chi connectivity index (χ2v) is 6.29. The standard InChI is InChI=1S/C14H15F2N3OS.ClH/c15-10-4-3-9(7-11(10)16)21-8-12-18-13(19-20-12)14(17)5-1-2-6-14;/h3-4,7H,1-2,5-6,8,17H2;1H. The summed E-state index contributed by atoms with van der Waals surface area (Å²) in [5, 5.41) is 3.96. The number of benzene rings is 1. The zero-order valence-corrected chi connectivity index (χ0v) is 13.4. The molecule has 120 valence electrons. The molecule has 0 atom stereocenters. The quantitative estimate of drug-likeness (QED) is 0.852. The van der Waals surface area contributed by atoms with Gasteiger partial charge < -0.3 is 10.3 Å². The van der Waals surface area contributed by atoms with Crippen molar-refractivity contribution >= 4 is 24.2 Å². The highest BCUT2D eigenvalue weighted by molar-refractivity contribution is 7.98. The maximum Gasteiger partial charge on any atom is 0.237 e. The van der Waals surface area contributed by atoms with E-state index >= 15 is 0 Å². The molecule has 0 spiro atoms. The number of nitrogens with zero attached hydrogens (tertiary/aromatic N) is 2. The van der Waals surface area contributed by atoms with E-state index in [0.717, 1.165) is 37.8 Å². The summed E-state index contributed by atoms with van der Waals surface area (Å²) in [6.07, 6.45) is 3.87.